The van der Waals surface area contributed by atoms with Crippen molar-refractivity contribution in [3.05, 3.63) is 23.3 Å². The van der Waals surface area contributed by atoms with Crippen molar-refractivity contribution in [2.24, 2.45) is 15.6 Å². The molecule has 0 saturated heterocycles. The SMILES string of the molecule is CC1(C)C=CC(C2=C[NH2+]NS2)=NN=C1. The molecule has 3 N–H and O–H groups in total. The molecule has 0 spiro atoms. The number of hydrogen-bond acceptors (Lipinski definition) is 4. The van der Waals surface area contributed by atoms with E-state index in [0.29, 0.717) is 0 Å². The van der Waals surface area contributed by atoms with Crippen LogP contribution in [0.3, 0.4) is 0 Å². The first-order valence-corrected chi connectivity index (χ1v) is 5.27. The molecular weight excluding hydrogens is 196 g/mol. The zero-order valence-corrected chi connectivity index (χ0v) is 9.01. The van der Waals surface area contributed by atoms with Crippen LogP contribution in [0.25, 0.3) is 0 Å². The Bertz CT molecular complexity index is 352. The van der Waals surface area contributed by atoms with E-state index in [1.807, 2.05) is 23.9 Å². The number of nitrogens with one attached hydrogen (secondary N) is 1. The summed E-state index contributed by atoms with van der Waals surface area (Å²) in [5, 5.41) is 8.21. The van der Waals surface area contributed by atoms with Crippen LogP contribution in [0.5, 0.6) is 0 Å². The van der Waals surface area contributed by atoms with E-state index in [1.165, 1.54) is 0 Å². The number of nitrogens with zero attached hydrogens (tertiary/aromatic N) is 2. The molecule has 2 aliphatic rings. The van der Waals surface area contributed by atoms with E-state index in [1.54, 1.807) is 11.9 Å². The second-order valence-electron chi connectivity index (χ2n) is 3.80. The van der Waals surface area contributed by atoms with Crippen molar-refractivity contribution in [3.63, 3.8) is 0 Å². The number of quaternary nitrogens is 1. The van der Waals surface area contributed by atoms with Crippen LogP contribution in [0.1, 0.15) is 13.8 Å². The molecular formula is C9H13N4S+. The highest BCUT2D eigenvalue weighted by atomic mass is 32.2. The van der Waals surface area contributed by atoms with Crippen LogP contribution in [-0.4, -0.2) is 11.9 Å². The highest BCUT2D eigenvalue weighted by molar-refractivity contribution is 8.02. The fourth-order valence-corrected chi connectivity index (χ4v) is 1.73. The monoisotopic (exact) mass is 209 g/mol. The number of nitrogens with two attached hydrogens (primary N) is 1. The van der Waals surface area contributed by atoms with Crippen LogP contribution < -0.4 is 10.3 Å². The van der Waals surface area contributed by atoms with E-state index < -0.39 is 0 Å². The Kier molecular flexibility index (Phi) is 2.54. The van der Waals surface area contributed by atoms with Crippen molar-refractivity contribution in [3.8, 4) is 0 Å². The second-order valence-corrected chi connectivity index (χ2v) is 4.68. The van der Waals surface area contributed by atoms with Crippen LogP contribution >= 0.6 is 11.9 Å². The molecule has 0 saturated carbocycles. The molecule has 0 aliphatic carbocycles. The molecule has 2 heterocycles. The lowest BCUT2D eigenvalue weighted by Crippen LogP contribution is -2.83. The van der Waals surface area contributed by atoms with Gasteiger partial charge in [-0.15, -0.1) is 4.83 Å². The maximum Gasteiger partial charge on any atom is 0.130 e. The second kappa shape index (κ2) is 3.68. The summed E-state index contributed by atoms with van der Waals surface area (Å²) in [7, 11) is 0. The number of rotatable bonds is 1. The van der Waals surface area contributed by atoms with Gasteiger partial charge in [-0.25, -0.2) is 5.43 Å². The minimum atomic E-state index is -0.00771. The number of allylic oxidation sites excluding steroid dienone is 3. The molecule has 0 amide bonds. The Balaban J connectivity index is 2.23. The predicted molar refractivity (Wildman–Crippen MR) is 59.6 cm³/mol. The molecule has 74 valence electrons. The summed E-state index contributed by atoms with van der Waals surface area (Å²) in [6.45, 7) is 4.21. The van der Waals surface area contributed by atoms with Crippen LogP contribution in [0.2, 0.25) is 0 Å². The summed E-state index contributed by atoms with van der Waals surface area (Å²) in [5.41, 5.74) is 2.81. The Morgan fingerprint density at radius 3 is 3.07 bits per heavy atom. The Hall–Kier alpha value is -0.910. The van der Waals surface area contributed by atoms with Gasteiger partial charge in [-0.2, -0.15) is 10.2 Å². The molecule has 2 aliphatic heterocycles. The maximum atomic E-state index is 4.15. The van der Waals surface area contributed by atoms with Crippen molar-refractivity contribution in [1.82, 2.24) is 4.83 Å². The topological polar surface area (TPSA) is 53.4 Å². The van der Waals surface area contributed by atoms with E-state index in [4.69, 9.17) is 0 Å². The third-order valence-corrected chi connectivity index (χ3v) is 2.77. The van der Waals surface area contributed by atoms with E-state index in [2.05, 4.69) is 35.0 Å². The van der Waals surface area contributed by atoms with Gasteiger partial charge in [0.1, 0.15) is 16.8 Å². The molecule has 14 heavy (non-hydrogen) atoms. The molecule has 4 nitrogen and oxygen atoms in total. The lowest BCUT2D eigenvalue weighted by Gasteiger charge is -2.09. The van der Waals surface area contributed by atoms with Crippen molar-refractivity contribution in [2.75, 3.05) is 0 Å². The summed E-state index contributed by atoms with van der Waals surface area (Å²) in [6.07, 6.45) is 7.99. The van der Waals surface area contributed by atoms with Crippen LogP contribution in [0.15, 0.2) is 33.5 Å². The van der Waals surface area contributed by atoms with E-state index in [9.17, 15) is 0 Å². The van der Waals surface area contributed by atoms with Crippen molar-refractivity contribution < 1.29 is 5.43 Å². The fourth-order valence-electron chi connectivity index (χ4n) is 1.12. The van der Waals surface area contributed by atoms with E-state index >= 15 is 0 Å². The largest absolute Gasteiger partial charge is 0.232 e. The minimum Gasteiger partial charge on any atom is -0.232 e. The first kappa shape index (κ1) is 9.64. The summed E-state index contributed by atoms with van der Waals surface area (Å²) < 4.78 is 0. The van der Waals surface area contributed by atoms with Crippen molar-refractivity contribution >= 4 is 23.9 Å². The smallest absolute Gasteiger partial charge is 0.130 e. The molecule has 0 atom stereocenters. The average molecular weight is 209 g/mol. The van der Waals surface area contributed by atoms with Gasteiger partial charge in [-0.1, -0.05) is 19.9 Å². The van der Waals surface area contributed by atoms with E-state index in [-0.39, 0.29) is 5.41 Å². The predicted octanol–water partition coefficient (Wildman–Crippen LogP) is 0.580. The standard InChI is InChI=1S/C9H12N4S/c1-9(2)4-3-7(12-11-6-9)8-5-10-13-14-8/h3-6,10,13H,1-2H3/p+1. The van der Waals surface area contributed by atoms with Gasteiger partial charge in [-0.3, -0.25) is 0 Å². The normalized spacial score (nSPS) is 24.4. The molecule has 0 aromatic rings. The third kappa shape index (κ3) is 2.12. The van der Waals surface area contributed by atoms with Gasteiger partial charge >= 0.3 is 0 Å². The molecule has 0 radical (unpaired) electrons. The summed E-state index contributed by atoms with van der Waals surface area (Å²) in [6, 6.07) is 0. The molecule has 2 rings (SSSR count). The summed E-state index contributed by atoms with van der Waals surface area (Å²) in [4.78, 5) is 4.15. The average Bonchev–Trinajstić information content (AvgIpc) is 2.58. The van der Waals surface area contributed by atoms with Gasteiger partial charge in [0, 0.05) is 23.6 Å². The van der Waals surface area contributed by atoms with Crippen molar-refractivity contribution in [1.29, 1.82) is 0 Å². The molecule has 0 aromatic carbocycles. The summed E-state index contributed by atoms with van der Waals surface area (Å²) in [5.74, 6) is 0. The maximum absolute atomic E-state index is 4.15. The molecule has 0 fully saturated rings. The Morgan fingerprint density at radius 1 is 1.50 bits per heavy atom. The Labute approximate surface area is 87.4 Å². The van der Waals surface area contributed by atoms with Gasteiger partial charge in [-0.05, 0) is 6.08 Å². The zero-order valence-electron chi connectivity index (χ0n) is 8.19. The first-order chi connectivity index (χ1) is 6.67. The third-order valence-electron chi connectivity index (χ3n) is 1.95. The van der Waals surface area contributed by atoms with Crippen LogP contribution in [0.4, 0.5) is 0 Å². The Morgan fingerprint density at radius 2 is 2.36 bits per heavy atom. The van der Waals surface area contributed by atoms with Gasteiger partial charge in [0.2, 0.25) is 0 Å². The minimum absolute atomic E-state index is 0.00771. The zero-order chi connectivity index (χ0) is 10.0. The quantitative estimate of drug-likeness (QED) is 0.490. The van der Waals surface area contributed by atoms with Crippen LogP contribution in [0, 0.1) is 5.41 Å². The highest BCUT2D eigenvalue weighted by Crippen LogP contribution is 2.20. The molecule has 0 bridgehead atoms. The lowest BCUT2D eigenvalue weighted by atomic mass is 9.95. The molecule has 5 heteroatoms. The molecule has 0 unspecified atom stereocenters. The van der Waals surface area contributed by atoms with Gasteiger partial charge in [0.15, 0.2) is 0 Å². The van der Waals surface area contributed by atoms with Crippen molar-refractivity contribution in [2.45, 2.75) is 13.8 Å². The first-order valence-electron chi connectivity index (χ1n) is 4.45. The lowest BCUT2D eigenvalue weighted by molar-refractivity contribution is -0.620. The van der Waals surface area contributed by atoms with Gasteiger partial charge < -0.3 is 0 Å². The number of hydrogen-bond donors (Lipinski definition) is 2. The van der Waals surface area contributed by atoms with E-state index in [0.717, 1.165) is 10.6 Å². The fraction of sp³-hybridized carbons (Fsp3) is 0.333. The van der Waals surface area contributed by atoms with Gasteiger partial charge in [0.05, 0.1) is 0 Å². The highest BCUT2D eigenvalue weighted by Gasteiger charge is 2.17. The van der Waals surface area contributed by atoms with Gasteiger partial charge in [0.25, 0.3) is 0 Å². The summed E-state index contributed by atoms with van der Waals surface area (Å²) >= 11 is 1.56. The van der Waals surface area contributed by atoms with Crippen LogP contribution in [-0.2, 0) is 0 Å². The molecule has 0 aromatic heterocycles.